The molecular formula is C13H13N3O7S2. The molecule has 0 fully saturated rings. The lowest BCUT2D eigenvalue weighted by Crippen LogP contribution is -2.03. The van der Waals surface area contributed by atoms with Crippen molar-refractivity contribution in [1.82, 2.24) is 0 Å². The number of hydrogen-bond acceptors (Lipinski definition) is 8. The van der Waals surface area contributed by atoms with E-state index in [2.05, 4.69) is 10.2 Å². The molecule has 134 valence electrons. The highest BCUT2D eigenvalue weighted by atomic mass is 32.2. The lowest BCUT2D eigenvalue weighted by molar-refractivity contribution is 0.417. The number of benzene rings is 2. The minimum atomic E-state index is -4.72. The Morgan fingerprint density at radius 2 is 1.40 bits per heavy atom. The number of methoxy groups -OCH3 is 1. The first kappa shape index (κ1) is 18.8. The average Bonchev–Trinajstić information content (AvgIpc) is 2.52. The van der Waals surface area contributed by atoms with E-state index in [1.54, 1.807) is 0 Å². The van der Waals surface area contributed by atoms with Crippen LogP contribution in [0, 0.1) is 0 Å². The number of nitrogen functional groups attached to an aromatic ring is 1. The van der Waals surface area contributed by atoms with Gasteiger partial charge in [0.25, 0.3) is 20.2 Å². The fraction of sp³-hybridized carbons (Fsp3) is 0.0769. The van der Waals surface area contributed by atoms with Gasteiger partial charge in [0, 0.05) is 6.07 Å². The molecule has 0 saturated heterocycles. The highest BCUT2D eigenvalue weighted by Gasteiger charge is 2.18. The van der Waals surface area contributed by atoms with Crippen LogP contribution >= 0.6 is 0 Å². The average molecular weight is 387 g/mol. The lowest BCUT2D eigenvalue weighted by Gasteiger charge is -2.04. The second-order valence-electron chi connectivity index (χ2n) is 4.74. The quantitative estimate of drug-likeness (QED) is 0.398. The molecule has 0 unspecified atom stereocenters. The maximum atomic E-state index is 11.2. The number of ether oxygens (including phenoxy) is 1. The van der Waals surface area contributed by atoms with Gasteiger partial charge in [0.05, 0.1) is 34.0 Å². The van der Waals surface area contributed by atoms with Gasteiger partial charge in [0.1, 0.15) is 5.75 Å². The summed E-state index contributed by atoms with van der Waals surface area (Å²) >= 11 is 0. The molecule has 4 N–H and O–H groups in total. The van der Waals surface area contributed by atoms with E-state index in [9.17, 15) is 16.8 Å². The van der Waals surface area contributed by atoms with Crippen LogP contribution in [-0.4, -0.2) is 33.1 Å². The van der Waals surface area contributed by atoms with Gasteiger partial charge in [0.15, 0.2) is 0 Å². The van der Waals surface area contributed by atoms with E-state index in [0.29, 0.717) is 17.5 Å². The van der Waals surface area contributed by atoms with Crippen LogP contribution in [0.2, 0.25) is 0 Å². The Bertz CT molecular complexity index is 997. The highest BCUT2D eigenvalue weighted by molar-refractivity contribution is 7.86. The fourth-order valence-electron chi connectivity index (χ4n) is 1.79. The maximum absolute atomic E-state index is 11.2. The number of nitrogens with zero attached hydrogens (tertiary/aromatic N) is 2. The number of azo groups is 1. The zero-order chi connectivity index (χ0) is 18.8. The third-order valence-electron chi connectivity index (χ3n) is 2.96. The van der Waals surface area contributed by atoms with Crippen LogP contribution < -0.4 is 10.5 Å². The SMILES string of the molecule is COc1cc(/N=N/c2cc(S(=O)(=O)O)cc(S(=O)(=O)O)c2)ccc1N. The van der Waals surface area contributed by atoms with Gasteiger partial charge in [-0.15, -0.1) is 0 Å². The smallest absolute Gasteiger partial charge is 0.294 e. The normalized spacial score (nSPS) is 12.4. The summed E-state index contributed by atoms with van der Waals surface area (Å²) in [6.45, 7) is 0. The Balaban J connectivity index is 2.52. The van der Waals surface area contributed by atoms with Gasteiger partial charge in [-0.3, -0.25) is 9.11 Å². The molecule has 0 aliphatic heterocycles. The van der Waals surface area contributed by atoms with Gasteiger partial charge < -0.3 is 10.5 Å². The molecule has 0 atom stereocenters. The van der Waals surface area contributed by atoms with E-state index in [0.717, 1.165) is 12.1 Å². The molecule has 2 aromatic rings. The Kier molecular flexibility index (Phi) is 5.08. The van der Waals surface area contributed by atoms with Crippen molar-refractivity contribution in [3.05, 3.63) is 36.4 Å². The van der Waals surface area contributed by atoms with E-state index >= 15 is 0 Å². The van der Waals surface area contributed by atoms with Gasteiger partial charge in [-0.05, 0) is 30.3 Å². The van der Waals surface area contributed by atoms with E-state index in [4.69, 9.17) is 19.6 Å². The van der Waals surface area contributed by atoms with Crippen molar-refractivity contribution < 1.29 is 30.7 Å². The van der Waals surface area contributed by atoms with Crippen molar-refractivity contribution in [2.75, 3.05) is 12.8 Å². The number of hydrogen-bond donors (Lipinski definition) is 3. The summed E-state index contributed by atoms with van der Waals surface area (Å²) in [4.78, 5) is -1.52. The summed E-state index contributed by atoms with van der Waals surface area (Å²) in [7, 11) is -8.04. The van der Waals surface area contributed by atoms with E-state index in [1.807, 2.05) is 0 Å². The van der Waals surface area contributed by atoms with Crippen LogP contribution in [0.1, 0.15) is 0 Å². The summed E-state index contributed by atoms with van der Waals surface area (Å²) in [5.74, 6) is 0.335. The molecule has 10 nitrogen and oxygen atoms in total. The molecule has 2 aromatic carbocycles. The number of anilines is 1. The van der Waals surface area contributed by atoms with Crippen molar-refractivity contribution >= 4 is 37.3 Å². The fourth-order valence-corrected chi connectivity index (χ4v) is 2.96. The van der Waals surface area contributed by atoms with Crippen molar-refractivity contribution in [2.45, 2.75) is 9.79 Å². The maximum Gasteiger partial charge on any atom is 0.294 e. The largest absolute Gasteiger partial charge is 0.495 e. The summed E-state index contributed by atoms with van der Waals surface area (Å²) in [6.07, 6.45) is 0. The lowest BCUT2D eigenvalue weighted by atomic mass is 10.2. The van der Waals surface area contributed by atoms with Crippen LogP contribution in [0.4, 0.5) is 17.1 Å². The zero-order valence-corrected chi connectivity index (χ0v) is 14.3. The monoisotopic (exact) mass is 387 g/mol. The first-order valence-corrected chi connectivity index (χ1v) is 9.34. The highest BCUT2D eigenvalue weighted by Crippen LogP contribution is 2.29. The van der Waals surface area contributed by atoms with Crippen molar-refractivity contribution in [3.63, 3.8) is 0 Å². The van der Waals surface area contributed by atoms with Gasteiger partial charge in [0.2, 0.25) is 0 Å². The van der Waals surface area contributed by atoms with Crippen LogP contribution in [0.5, 0.6) is 5.75 Å². The molecule has 0 radical (unpaired) electrons. The van der Waals surface area contributed by atoms with Crippen LogP contribution in [0.15, 0.2) is 56.4 Å². The third-order valence-corrected chi connectivity index (χ3v) is 4.62. The summed E-state index contributed by atoms with van der Waals surface area (Å²) in [5, 5.41) is 7.52. The molecular weight excluding hydrogens is 374 g/mol. The summed E-state index contributed by atoms with van der Waals surface area (Å²) < 4.78 is 68.1. The molecule has 0 saturated carbocycles. The Morgan fingerprint density at radius 1 is 0.880 bits per heavy atom. The molecule has 0 amide bonds. The molecule has 0 aliphatic carbocycles. The Morgan fingerprint density at radius 3 is 1.88 bits per heavy atom. The van der Waals surface area contributed by atoms with Gasteiger partial charge in [-0.2, -0.15) is 27.1 Å². The predicted molar refractivity (Wildman–Crippen MR) is 87.7 cm³/mol. The molecule has 0 bridgehead atoms. The molecule has 12 heteroatoms. The number of nitrogens with two attached hydrogens (primary N) is 1. The Labute approximate surface area is 143 Å². The second-order valence-corrected chi connectivity index (χ2v) is 7.58. The van der Waals surface area contributed by atoms with Crippen molar-refractivity contribution in [2.24, 2.45) is 10.2 Å². The summed E-state index contributed by atoms with van der Waals surface area (Å²) in [6, 6.07) is 6.83. The van der Waals surface area contributed by atoms with E-state index < -0.39 is 30.0 Å². The first-order valence-electron chi connectivity index (χ1n) is 6.46. The second kappa shape index (κ2) is 6.76. The Hall–Kier alpha value is -2.54. The first-order chi connectivity index (χ1) is 11.5. The molecule has 0 spiro atoms. The van der Waals surface area contributed by atoms with Crippen molar-refractivity contribution in [1.29, 1.82) is 0 Å². The van der Waals surface area contributed by atoms with E-state index in [1.165, 1.54) is 25.3 Å². The van der Waals surface area contributed by atoms with Gasteiger partial charge in [-0.25, -0.2) is 0 Å². The van der Waals surface area contributed by atoms with Crippen molar-refractivity contribution in [3.8, 4) is 5.75 Å². The van der Waals surface area contributed by atoms with Crippen LogP contribution in [-0.2, 0) is 20.2 Å². The third kappa shape index (κ3) is 4.73. The number of rotatable bonds is 5. The molecule has 0 aliphatic rings. The molecule has 0 aromatic heterocycles. The standard InChI is InChI=1S/C13H13N3O7S2/c1-23-13-6-8(2-3-12(13)14)15-16-9-4-10(24(17,18)19)7-11(5-9)25(20,21)22/h2-7H,14H2,1H3,(H,17,18,19)(H,20,21,22)/b16-15+. The van der Waals surface area contributed by atoms with Gasteiger partial charge >= 0.3 is 0 Å². The van der Waals surface area contributed by atoms with Crippen LogP contribution in [0.25, 0.3) is 0 Å². The minimum absolute atomic E-state index is 0.224. The van der Waals surface area contributed by atoms with Crippen LogP contribution in [0.3, 0.4) is 0 Å². The topological polar surface area (TPSA) is 169 Å². The van der Waals surface area contributed by atoms with Gasteiger partial charge in [-0.1, -0.05) is 0 Å². The molecule has 2 rings (SSSR count). The zero-order valence-electron chi connectivity index (χ0n) is 12.7. The summed E-state index contributed by atoms with van der Waals surface area (Å²) in [5.41, 5.74) is 6.09. The molecule has 0 heterocycles. The molecule has 25 heavy (non-hydrogen) atoms. The minimum Gasteiger partial charge on any atom is -0.495 e. The van der Waals surface area contributed by atoms with E-state index in [-0.39, 0.29) is 11.4 Å². The predicted octanol–water partition coefficient (Wildman–Crippen LogP) is 2.19.